The highest BCUT2D eigenvalue weighted by atomic mass is 32.2. The molecular formula is C23H21NO4S. The molecule has 0 saturated carbocycles. The van der Waals surface area contributed by atoms with Crippen molar-refractivity contribution in [1.29, 1.82) is 0 Å². The van der Waals surface area contributed by atoms with Crippen molar-refractivity contribution in [3.05, 3.63) is 95.6 Å². The van der Waals surface area contributed by atoms with E-state index in [4.69, 9.17) is 4.74 Å². The van der Waals surface area contributed by atoms with Crippen LogP contribution in [0.2, 0.25) is 0 Å². The first-order valence-electron chi connectivity index (χ1n) is 9.33. The van der Waals surface area contributed by atoms with Gasteiger partial charge in [0.25, 0.3) is 10.0 Å². The highest BCUT2D eigenvalue weighted by molar-refractivity contribution is 7.89. The van der Waals surface area contributed by atoms with E-state index in [0.29, 0.717) is 5.75 Å². The van der Waals surface area contributed by atoms with Gasteiger partial charge in [-0.05, 0) is 41.0 Å². The lowest BCUT2D eigenvalue weighted by Crippen LogP contribution is -2.39. The van der Waals surface area contributed by atoms with E-state index in [0.717, 1.165) is 21.0 Å². The summed E-state index contributed by atoms with van der Waals surface area (Å²) in [7, 11) is -2.47. The maximum absolute atomic E-state index is 13.3. The van der Waals surface area contributed by atoms with Crippen LogP contribution in [0.5, 0.6) is 5.75 Å². The van der Waals surface area contributed by atoms with E-state index in [1.807, 2.05) is 54.6 Å². The third-order valence-corrected chi connectivity index (χ3v) is 7.05. The molecule has 1 amide bonds. The zero-order chi connectivity index (χ0) is 20.4. The number of amides is 1. The third-order valence-electron chi connectivity index (χ3n) is 5.25. The molecule has 5 nitrogen and oxygen atoms in total. The van der Waals surface area contributed by atoms with Gasteiger partial charge in [-0.2, -0.15) is 0 Å². The molecule has 0 saturated heterocycles. The monoisotopic (exact) mass is 407 g/mol. The Morgan fingerprint density at radius 3 is 2.24 bits per heavy atom. The highest BCUT2D eigenvalue weighted by Crippen LogP contribution is 2.34. The van der Waals surface area contributed by atoms with Gasteiger partial charge >= 0.3 is 0 Å². The standard InChI is InChI=1S/C23H21NO4S/c1-28-19-11-13-20(14-12-19)29(26,27)24-16-22(17-7-3-2-4-8-17)21-10-6-5-9-18(21)15-23(24)25/h2-14,22H,15-16H2,1H3. The van der Waals surface area contributed by atoms with Crippen LogP contribution in [0.15, 0.2) is 83.8 Å². The topological polar surface area (TPSA) is 63.7 Å². The number of carbonyl (C=O) groups excluding carboxylic acids is 1. The summed E-state index contributed by atoms with van der Waals surface area (Å²) >= 11 is 0. The molecular weight excluding hydrogens is 386 g/mol. The van der Waals surface area contributed by atoms with E-state index in [9.17, 15) is 13.2 Å². The van der Waals surface area contributed by atoms with Crippen molar-refractivity contribution in [2.75, 3.05) is 13.7 Å². The Balaban J connectivity index is 1.79. The molecule has 0 fully saturated rings. The van der Waals surface area contributed by atoms with Crippen LogP contribution >= 0.6 is 0 Å². The molecule has 29 heavy (non-hydrogen) atoms. The summed E-state index contributed by atoms with van der Waals surface area (Å²) in [5.41, 5.74) is 2.82. The molecule has 1 heterocycles. The van der Waals surface area contributed by atoms with Crippen LogP contribution in [-0.4, -0.2) is 32.3 Å². The van der Waals surface area contributed by atoms with Crippen LogP contribution < -0.4 is 4.74 Å². The molecule has 6 heteroatoms. The number of rotatable bonds is 4. The highest BCUT2D eigenvalue weighted by Gasteiger charge is 2.36. The zero-order valence-corrected chi connectivity index (χ0v) is 16.8. The Morgan fingerprint density at radius 2 is 1.55 bits per heavy atom. The Hall–Kier alpha value is -3.12. The fourth-order valence-corrected chi connectivity index (χ4v) is 5.14. The molecule has 3 aromatic rings. The fourth-order valence-electron chi connectivity index (χ4n) is 3.73. The number of fused-ring (bicyclic) bond motifs is 1. The van der Waals surface area contributed by atoms with Crippen molar-refractivity contribution in [2.24, 2.45) is 0 Å². The van der Waals surface area contributed by atoms with Gasteiger partial charge in [0.05, 0.1) is 18.4 Å². The predicted octanol–water partition coefficient (Wildman–Crippen LogP) is 3.60. The minimum atomic E-state index is -3.99. The van der Waals surface area contributed by atoms with E-state index >= 15 is 0 Å². The summed E-state index contributed by atoms with van der Waals surface area (Å²) in [5, 5.41) is 0. The smallest absolute Gasteiger partial charge is 0.266 e. The summed E-state index contributed by atoms with van der Waals surface area (Å²) < 4.78 is 32.8. The second-order valence-corrected chi connectivity index (χ2v) is 8.81. The largest absolute Gasteiger partial charge is 0.497 e. The summed E-state index contributed by atoms with van der Waals surface area (Å²) in [6.45, 7) is 0.0637. The summed E-state index contributed by atoms with van der Waals surface area (Å²) in [6.07, 6.45) is 0.0505. The summed E-state index contributed by atoms with van der Waals surface area (Å²) in [4.78, 5) is 13.1. The normalized spacial score (nSPS) is 16.8. The molecule has 0 aromatic heterocycles. The predicted molar refractivity (Wildman–Crippen MR) is 110 cm³/mol. The minimum Gasteiger partial charge on any atom is -0.497 e. The second kappa shape index (κ2) is 7.72. The zero-order valence-electron chi connectivity index (χ0n) is 16.0. The molecule has 1 atom stereocenters. The van der Waals surface area contributed by atoms with Gasteiger partial charge in [0.2, 0.25) is 5.91 Å². The maximum Gasteiger partial charge on any atom is 0.266 e. The van der Waals surface area contributed by atoms with Crippen LogP contribution in [0.25, 0.3) is 0 Å². The molecule has 1 aliphatic rings. The van der Waals surface area contributed by atoms with Crippen LogP contribution in [0.1, 0.15) is 22.6 Å². The lowest BCUT2D eigenvalue weighted by Gasteiger charge is -2.25. The molecule has 0 N–H and O–H groups in total. The van der Waals surface area contributed by atoms with E-state index in [-0.39, 0.29) is 23.8 Å². The SMILES string of the molecule is COc1ccc(S(=O)(=O)N2CC(c3ccccc3)c3ccccc3CC2=O)cc1. The van der Waals surface area contributed by atoms with Gasteiger partial charge in [-0.1, -0.05) is 54.6 Å². The molecule has 148 valence electrons. The van der Waals surface area contributed by atoms with Crippen LogP contribution in [0.4, 0.5) is 0 Å². The van der Waals surface area contributed by atoms with Crippen LogP contribution in [0.3, 0.4) is 0 Å². The average Bonchev–Trinajstić information content (AvgIpc) is 2.90. The van der Waals surface area contributed by atoms with Crippen molar-refractivity contribution in [1.82, 2.24) is 4.31 Å². The minimum absolute atomic E-state index is 0.0505. The summed E-state index contributed by atoms with van der Waals surface area (Å²) in [5.74, 6) is -0.0979. The molecule has 0 spiro atoms. The van der Waals surface area contributed by atoms with Gasteiger partial charge in [-0.15, -0.1) is 0 Å². The van der Waals surface area contributed by atoms with Gasteiger partial charge in [-0.3, -0.25) is 4.79 Å². The lowest BCUT2D eigenvalue weighted by molar-refractivity contribution is -0.125. The Morgan fingerprint density at radius 1 is 0.897 bits per heavy atom. The molecule has 0 aliphatic carbocycles. The second-order valence-electron chi connectivity index (χ2n) is 6.94. The van der Waals surface area contributed by atoms with Crippen molar-refractivity contribution >= 4 is 15.9 Å². The van der Waals surface area contributed by atoms with Crippen LogP contribution in [-0.2, 0) is 21.2 Å². The third kappa shape index (κ3) is 3.63. The molecule has 0 bridgehead atoms. The average molecular weight is 407 g/mol. The number of hydrogen-bond donors (Lipinski definition) is 0. The van der Waals surface area contributed by atoms with E-state index in [1.54, 1.807) is 12.1 Å². The first-order valence-corrected chi connectivity index (χ1v) is 10.8. The van der Waals surface area contributed by atoms with Gasteiger partial charge in [0.1, 0.15) is 5.75 Å². The molecule has 0 radical (unpaired) electrons. The Bertz CT molecular complexity index is 1130. The molecule has 1 unspecified atom stereocenters. The molecule has 1 aliphatic heterocycles. The van der Waals surface area contributed by atoms with Crippen molar-refractivity contribution in [3.8, 4) is 5.75 Å². The van der Waals surface area contributed by atoms with Crippen LogP contribution in [0, 0.1) is 0 Å². The van der Waals surface area contributed by atoms with Gasteiger partial charge < -0.3 is 4.74 Å². The van der Waals surface area contributed by atoms with Gasteiger partial charge in [0, 0.05) is 12.5 Å². The van der Waals surface area contributed by atoms with Crippen molar-refractivity contribution in [2.45, 2.75) is 17.2 Å². The Labute approximate surface area is 170 Å². The quantitative estimate of drug-likeness (QED) is 0.663. The molecule has 3 aromatic carbocycles. The number of carbonyl (C=O) groups is 1. The summed E-state index contributed by atoms with van der Waals surface area (Å²) in [6, 6.07) is 23.5. The van der Waals surface area contributed by atoms with Crippen molar-refractivity contribution < 1.29 is 17.9 Å². The number of hydrogen-bond acceptors (Lipinski definition) is 4. The molecule has 4 rings (SSSR count). The number of ether oxygens (including phenoxy) is 1. The van der Waals surface area contributed by atoms with E-state index in [1.165, 1.54) is 19.2 Å². The lowest BCUT2D eigenvalue weighted by atomic mass is 9.88. The maximum atomic E-state index is 13.3. The number of nitrogens with zero attached hydrogens (tertiary/aromatic N) is 1. The first-order chi connectivity index (χ1) is 14.0. The van der Waals surface area contributed by atoms with Gasteiger partial charge in [0.15, 0.2) is 0 Å². The first kappa shape index (κ1) is 19.2. The Kier molecular flexibility index (Phi) is 5.11. The van der Waals surface area contributed by atoms with E-state index in [2.05, 4.69) is 0 Å². The number of sulfonamides is 1. The van der Waals surface area contributed by atoms with Crippen molar-refractivity contribution in [3.63, 3.8) is 0 Å². The fraction of sp³-hybridized carbons (Fsp3) is 0.174. The van der Waals surface area contributed by atoms with Gasteiger partial charge in [-0.25, -0.2) is 12.7 Å². The number of benzene rings is 3. The number of methoxy groups -OCH3 is 1. The van der Waals surface area contributed by atoms with E-state index < -0.39 is 15.9 Å².